The quantitative estimate of drug-likeness (QED) is 0.702. The van der Waals surface area contributed by atoms with Crippen LogP contribution in [0.3, 0.4) is 0 Å². The SMILES string of the molecule is OCC1CCN(C2CCNC2)CC1(F)F. The monoisotopic (exact) mass is 220 g/mol. The van der Waals surface area contributed by atoms with Gasteiger partial charge in [-0.05, 0) is 25.9 Å². The summed E-state index contributed by atoms with van der Waals surface area (Å²) >= 11 is 0. The fourth-order valence-corrected chi connectivity index (χ4v) is 2.50. The maximum Gasteiger partial charge on any atom is 0.265 e. The smallest absolute Gasteiger partial charge is 0.265 e. The Kier molecular flexibility index (Phi) is 3.23. The average molecular weight is 220 g/mol. The van der Waals surface area contributed by atoms with Crippen LogP contribution in [-0.2, 0) is 0 Å². The van der Waals surface area contributed by atoms with Crippen molar-refractivity contribution in [1.29, 1.82) is 0 Å². The van der Waals surface area contributed by atoms with Gasteiger partial charge in [-0.3, -0.25) is 4.90 Å². The summed E-state index contributed by atoms with van der Waals surface area (Å²) in [6.45, 7) is 1.84. The Balaban J connectivity index is 1.95. The van der Waals surface area contributed by atoms with Gasteiger partial charge in [0.15, 0.2) is 0 Å². The van der Waals surface area contributed by atoms with Gasteiger partial charge in [0.1, 0.15) is 0 Å². The Bertz CT molecular complexity index is 219. The molecule has 0 saturated carbocycles. The Morgan fingerprint density at radius 2 is 2.20 bits per heavy atom. The number of halogens is 2. The molecule has 15 heavy (non-hydrogen) atoms. The maximum absolute atomic E-state index is 13.6. The number of hydrogen-bond acceptors (Lipinski definition) is 3. The van der Waals surface area contributed by atoms with E-state index in [0.717, 1.165) is 19.5 Å². The summed E-state index contributed by atoms with van der Waals surface area (Å²) in [6.07, 6.45) is 1.36. The van der Waals surface area contributed by atoms with E-state index in [2.05, 4.69) is 5.32 Å². The summed E-state index contributed by atoms with van der Waals surface area (Å²) in [5.41, 5.74) is 0. The number of likely N-dealkylation sites (tertiary alicyclic amines) is 1. The van der Waals surface area contributed by atoms with E-state index in [4.69, 9.17) is 5.11 Å². The molecule has 2 saturated heterocycles. The number of aliphatic hydroxyl groups is 1. The second kappa shape index (κ2) is 4.31. The highest BCUT2D eigenvalue weighted by Gasteiger charge is 2.45. The predicted octanol–water partition coefficient (Wildman–Crippen LogP) is 0.298. The topological polar surface area (TPSA) is 35.5 Å². The number of nitrogens with one attached hydrogen (secondary N) is 1. The molecule has 2 aliphatic rings. The van der Waals surface area contributed by atoms with Gasteiger partial charge in [0, 0.05) is 18.5 Å². The molecule has 5 heteroatoms. The zero-order valence-electron chi connectivity index (χ0n) is 8.75. The molecule has 2 N–H and O–H groups in total. The van der Waals surface area contributed by atoms with Gasteiger partial charge in [-0.2, -0.15) is 0 Å². The van der Waals surface area contributed by atoms with Gasteiger partial charge >= 0.3 is 0 Å². The molecule has 3 nitrogen and oxygen atoms in total. The minimum atomic E-state index is -2.73. The fraction of sp³-hybridized carbons (Fsp3) is 1.00. The summed E-state index contributed by atoms with van der Waals surface area (Å²) in [7, 11) is 0. The Morgan fingerprint density at radius 3 is 2.73 bits per heavy atom. The molecular weight excluding hydrogens is 202 g/mol. The van der Waals surface area contributed by atoms with Gasteiger partial charge < -0.3 is 10.4 Å². The van der Waals surface area contributed by atoms with Crippen molar-refractivity contribution in [2.75, 3.05) is 32.8 Å². The highest BCUT2D eigenvalue weighted by molar-refractivity contribution is 4.91. The van der Waals surface area contributed by atoms with Crippen LogP contribution in [0.4, 0.5) is 8.78 Å². The van der Waals surface area contributed by atoms with Crippen LogP contribution < -0.4 is 5.32 Å². The first-order valence-electron chi connectivity index (χ1n) is 5.57. The molecule has 2 unspecified atom stereocenters. The lowest BCUT2D eigenvalue weighted by Gasteiger charge is -2.40. The van der Waals surface area contributed by atoms with Crippen LogP contribution in [0.1, 0.15) is 12.8 Å². The van der Waals surface area contributed by atoms with Gasteiger partial charge in [-0.1, -0.05) is 0 Å². The minimum Gasteiger partial charge on any atom is -0.396 e. The lowest BCUT2D eigenvalue weighted by atomic mass is 9.92. The van der Waals surface area contributed by atoms with Crippen LogP contribution in [0.15, 0.2) is 0 Å². The van der Waals surface area contributed by atoms with Crippen LogP contribution in [0, 0.1) is 5.92 Å². The van der Waals surface area contributed by atoms with Gasteiger partial charge in [0.05, 0.1) is 13.2 Å². The van der Waals surface area contributed by atoms with E-state index in [-0.39, 0.29) is 12.6 Å². The van der Waals surface area contributed by atoms with Crippen molar-refractivity contribution in [3.63, 3.8) is 0 Å². The molecule has 0 spiro atoms. The van der Waals surface area contributed by atoms with Crippen molar-refractivity contribution < 1.29 is 13.9 Å². The third kappa shape index (κ3) is 2.29. The van der Waals surface area contributed by atoms with Crippen molar-refractivity contribution in [3.05, 3.63) is 0 Å². The normalized spacial score (nSPS) is 37.0. The summed E-state index contributed by atoms with van der Waals surface area (Å²) in [4.78, 5) is 1.87. The number of hydrogen-bond donors (Lipinski definition) is 2. The third-order valence-electron chi connectivity index (χ3n) is 3.55. The largest absolute Gasteiger partial charge is 0.396 e. The number of rotatable bonds is 2. The number of nitrogens with zero attached hydrogens (tertiary/aromatic N) is 1. The van der Waals surface area contributed by atoms with E-state index < -0.39 is 18.4 Å². The van der Waals surface area contributed by atoms with Crippen molar-refractivity contribution in [1.82, 2.24) is 10.2 Å². The number of piperidine rings is 1. The first kappa shape index (κ1) is 11.2. The first-order valence-corrected chi connectivity index (χ1v) is 5.57. The minimum absolute atomic E-state index is 0.190. The van der Waals surface area contributed by atoms with E-state index in [1.807, 2.05) is 4.90 Å². The summed E-state index contributed by atoms with van der Waals surface area (Å²) < 4.78 is 27.1. The first-order chi connectivity index (χ1) is 7.13. The van der Waals surface area contributed by atoms with E-state index in [1.165, 1.54) is 0 Å². The molecule has 2 aliphatic heterocycles. The molecular formula is C10H18F2N2O. The molecule has 0 amide bonds. The maximum atomic E-state index is 13.6. The Hall–Kier alpha value is -0.260. The van der Waals surface area contributed by atoms with E-state index in [1.54, 1.807) is 0 Å². The van der Waals surface area contributed by atoms with Gasteiger partial charge in [-0.15, -0.1) is 0 Å². The van der Waals surface area contributed by atoms with Crippen LogP contribution in [-0.4, -0.2) is 54.8 Å². The molecule has 0 radical (unpaired) electrons. The zero-order valence-corrected chi connectivity index (χ0v) is 8.75. The summed E-state index contributed by atoms with van der Waals surface area (Å²) in [6, 6.07) is 0.260. The molecule has 0 aliphatic carbocycles. The van der Waals surface area contributed by atoms with Crippen molar-refractivity contribution >= 4 is 0 Å². The lowest BCUT2D eigenvalue weighted by Crippen LogP contribution is -2.53. The predicted molar refractivity (Wildman–Crippen MR) is 53.0 cm³/mol. The van der Waals surface area contributed by atoms with Crippen molar-refractivity contribution in [2.24, 2.45) is 5.92 Å². The molecule has 0 aromatic carbocycles. The van der Waals surface area contributed by atoms with Crippen molar-refractivity contribution in [3.8, 4) is 0 Å². The summed E-state index contributed by atoms with van der Waals surface area (Å²) in [5.74, 6) is -3.57. The molecule has 2 rings (SSSR count). The highest BCUT2D eigenvalue weighted by atomic mass is 19.3. The molecule has 2 atom stereocenters. The molecule has 88 valence electrons. The van der Waals surface area contributed by atoms with Crippen molar-refractivity contribution in [2.45, 2.75) is 24.8 Å². The summed E-state index contributed by atoms with van der Waals surface area (Å²) in [5, 5.41) is 12.1. The van der Waals surface area contributed by atoms with Crippen LogP contribution in [0.5, 0.6) is 0 Å². The molecule has 0 aromatic rings. The highest BCUT2D eigenvalue weighted by Crippen LogP contribution is 2.33. The lowest BCUT2D eigenvalue weighted by molar-refractivity contribution is -0.130. The number of alkyl halides is 2. The van der Waals surface area contributed by atoms with Crippen LogP contribution >= 0.6 is 0 Å². The molecule has 0 aromatic heterocycles. The molecule has 2 heterocycles. The standard InChI is InChI=1S/C10H18F2N2O/c11-10(12)7-14(4-2-8(10)6-15)9-1-3-13-5-9/h8-9,13,15H,1-7H2. The molecule has 2 fully saturated rings. The molecule has 0 bridgehead atoms. The van der Waals surface area contributed by atoms with E-state index in [9.17, 15) is 8.78 Å². The van der Waals surface area contributed by atoms with Crippen LogP contribution in [0.25, 0.3) is 0 Å². The van der Waals surface area contributed by atoms with E-state index >= 15 is 0 Å². The number of aliphatic hydroxyl groups excluding tert-OH is 1. The van der Waals surface area contributed by atoms with E-state index in [0.29, 0.717) is 13.0 Å². The van der Waals surface area contributed by atoms with Crippen LogP contribution in [0.2, 0.25) is 0 Å². The zero-order chi connectivity index (χ0) is 10.9. The van der Waals surface area contributed by atoms with Gasteiger partial charge in [-0.25, -0.2) is 8.78 Å². The second-order valence-electron chi connectivity index (χ2n) is 4.55. The van der Waals surface area contributed by atoms with Gasteiger partial charge in [0.2, 0.25) is 0 Å². The average Bonchev–Trinajstić information content (AvgIpc) is 2.69. The Labute approximate surface area is 88.4 Å². The van der Waals surface area contributed by atoms with Gasteiger partial charge in [0.25, 0.3) is 5.92 Å². The third-order valence-corrected chi connectivity index (χ3v) is 3.55. The Morgan fingerprint density at radius 1 is 1.40 bits per heavy atom. The fourth-order valence-electron chi connectivity index (χ4n) is 2.50. The second-order valence-corrected chi connectivity index (χ2v) is 4.55.